The van der Waals surface area contributed by atoms with E-state index in [1.54, 1.807) is 18.2 Å². The van der Waals surface area contributed by atoms with Gasteiger partial charge >= 0.3 is 0 Å². The average molecular weight is 602 g/mol. The molecular formula is C31H35N7O6. The van der Waals surface area contributed by atoms with E-state index in [-0.39, 0.29) is 40.2 Å². The highest BCUT2D eigenvalue weighted by Crippen LogP contribution is 2.36. The molecule has 0 atom stereocenters. The SMILES string of the molecule is NCCNCCNC(=O)c1cc(C(=O)NCCN2CCCCC2)cc(N2C(=O)c3cccc4cc([N+](=O)[O-])cc(c34)C2=O)c1. The molecule has 13 heteroatoms. The molecule has 5 rings (SSSR count). The highest BCUT2D eigenvalue weighted by atomic mass is 16.6. The monoisotopic (exact) mass is 601 g/mol. The van der Waals surface area contributed by atoms with Crippen molar-refractivity contribution < 1.29 is 24.1 Å². The predicted octanol–water partition coefficient (Wildman–Crippen LogP) is 2.04. The Labute approximate surface area is 253 Å². The maximum atomic E-state index is 13.8. The first-order valence-corrected chi connectivity index (χ1v) is 14.7. The van der Waals surface area contributed by atoms with Crippen LogP contribution in [0.25, 0.3) is 10.8 Å². The smallest absolute Gasteiger partial charge is 0.270 e. The van der Waals surface area contributed by atoms with Crippen LogP contribution in [-0.4, -0.2) is 85.8 Å². The van der Waals surface area contributed by atoms with Crippen LogP contribution in [0.2, 0.25) is 0 Å². The number of rotatable bonds is 12. The molecule has 0 aromatic heterocycles. The molecule has 1 saturated heterocycles. The minimum atomic E-state index is -0.789. The number of anilines is 1. The highest BCUT2D eigenvalue weighted by molar-refractivity contribution is 6.36. The standard InChI is InChI=1S/C31H35N7O6/c32-7-8-33-9-10-34-28(39)21-15-22(29(40)35-11-14-36-12-2-1-3-13-36)18-23(17-21)37-30(41)25-6-4-5-20-16-24(38(43)44)19-26(27(20)25)31(37)42/h4-6,15-19,33H,1-3,7-14,32H2,(H,34,39)(H,35,40). The molecule has 3 aromatic rings. The van der Waals surface area contributed by atoms with E-state index >= 15 is 0 Å². The molecule has 1 fully saturated rings. The Balaban J connectivity index is 1.47. The zero-order valence-electron chi connectivity index (χ0n) is 24.3. The van der Waals surface area contributed by atoms with Gasteiger partial charge in [0.2, 0.25) is 0 Å². The topological polar surface area (TPSA) is 180 Å². The number of non-ortho nitro benzene ring substituents is 1. The van der Waals surface area contributed by atoms with Crippen molar-refractivity contribution in [2.24, 2.45) is 5.73 Å². The second-order valence-corrected chi connectivity index (χ2v) is 10.8. The Morgan fingerprint density at radius 1 is 0.841 bits per heavy atom. The lowest BCUT2D eigenvalue weighted by molar-refractivity contribution is -0.384. The number of amides is 4. The average Bonchev–Trinajstić information content (AvgIpc) is 3.03. The van der Waals surface area contributed by atoms with Gasteiger partial charge in [-0.15, -0.1) is 0 Å². The van der Waals surface area contributed by atoms with Crippen molar-refractivity contribution >= 4 is 45.8 Å². The summed E-state index contributed by atoms with van der Waals surface area (Å²) in [5.74, 6) is -2.42. The van der Waals surface area contributed by atoms with Crippen LogP contribution in [0.1, 0.15) is 60.7 Å². The lowest BCUT2D eigenvalue weighted by Gasteiger charge is -2.28. The molecule has 13 nitrogen and oxygen atoms in total. The first-order chi connectivity index (χ1) is 21.3. The summed E-state index contributed by atoms with van der Waals surface area (Å²) in [5, 5.41) is 21.1. The third-order valence-corrected chi connectivity index (χ3v) is 7.81. The van der Waals surface area contributed by atoms with Gasteiger partial charge in [0.15, 0.2) is 0 Å². The molecule has 5 N–H and O–H groups in total. The van der Waals surface area contributed by atoms with E-state index < -0.39 is 28.6 Å². The number of carbonyl (C=O) groups is 4. The first-order valence-electron chi connectivity index (χ1n) is 14.7. The molecule has 0 saturated carbocycles. The fourth-order valence-corrected chi connectivity index (χ4v) is 5.64. The number of piperidine rings is 1. The lowest BCUT2D eigenvalue weighted by Crippen LogP contribution is -2.41. The largest absolute Gasteiger partial charge is 0.351 e. The summed E-state index contributed by atoms with van der Waals surface area (Å²) in [4.78, 5) is 68.2. The van der Waals surface area contributed by atoms with Gasteiger partial charge in [-0.05, 0) is 55.6 Å². The molecule has 4 amide bonds. The van der Waals surface area contributed by atoms with Crippen molar-refractivity contribution in [2.45, 2.75) is 19.3 Å². The summed E-state index contributed by atoms with van der Waals surface area (Å²) >= 11 is 0. The number of hydrogen-bond donors (Lipinski definition) is 4. The molecular weight excluding hydrogens is 566 g/mol. The highest BCUT2D eigenvalue weighted by Gasteiger charge is 2.36. The third-order valence-electron chi connectivity index (χ3n) is 7.81. The van der Waals surface area contributed by atoms with E-state index in [1.165, 1.54) is 30.7 Å². The molecule has 2 aliphatic rings. The normalized spacial score (nSPS) is 15.0. The van der Waals surface area contributed by atoms with Crippen LogP contribution < -0.4 is 26.6 Å². The summed E-state index contributed by atoms with van der Waals surface area (Å²) in [5.41, 5.74) is 5.53. The Morgan fingerprint density at radius 3 is 2.20 bits per heavy atom. The number of nitrogens with zero attached hydrogens (tertiary/aromatic N) is 3. The number of nitrogens with one attached hydrogen (secondary N) is 3. The van der Waals surface area contributed by atoms with E-state index in [0.717, 1.165) is 36.9 Å². The van der Waals surface area contributed by atoms with Crippen molar-refractivity contribution in [1.82, 2.24) is 20.9 Å². The fourth-order valence-electron chi connectivity index (χ4n) is 5.64. The number of benzene rings is 3. The van der Waals surface area contributed by atoms with Crippen LogP contribution in [0.15, 0.2) is 48.5 Å². The summed E-state index contributed by atoms with van der Waals surface area (Å²) in [7, 11) is 0. The maximum absolute atomic E-state index is 13.8. The Kier molecular flexibility index (Phi) is 9.58. The number of likely N-dealkylation sites (tertiary alicyclic amines) is 1. The number of nitrogens with two attached hydrogens (primary N) is 1. The van der Waals surface area contributed by atoms with Gasteiger partial charge in [0, 0.05) is 73.5 Å². The van der Waals surface area contributed by atoms with Crippen LogP contribution in [0.5, 0.6) is 0 Å². The van der Waals surface area contributed by atoms with Crippen molar-refractivity contribution in [1.29, 1.82) is 0 Å². The quantitative estimate of drug-likeness (QED) is 0.105. The Morgan fingerprint density at radius 2 is 1.52 bits per heavy atom. The van der Waals surface area contributed by atoms with Gasteiger partial charge in [0.05, 0.1) is 16.2 Å². The maximum Gasteiger partial charge on any atom is 0.270 e. The summed E-state index contributed by atoms with van der Waals surface area (Å²) in [6.45, 7) is 4.79. The zero-order chi connectivity index (χ0) is 31.2. The second-order valence-electron chi connectivity index (χ2n) is 10.8. The van der Waals surface area contributed by atoms with Crippen molar-refractivity contribution in [3.05, 3.63) is 80.9 Å². The van der Waals surface area contributed by atoms with Gasteiger partial charge in [-0.25, -0.2) is 4.90 Å². The number of nitro benzene ring substituents is 1. The Hall–Kier alpha value is -4.72. The fraction of sp³-hybridized carbons (Fsp3) is 0.355. The summed E-state index contributed by atoms with van der Waals surface area (Å²) < 4.78 is 0. The molecule has 2 heterocycles. The number of imide groups is 1. The van der Waals surface area contributed by atoms with Crippen LogP contribution >= 0.6 is 0 Å². The predicted molar refractivity (Wildman–Crippen MR) is 165 cm³/mol. The molecule has 0 unspecified atom stereocenters. The van der Waals surface area contributed by atoms with E-state index in [9.17, 15) is 29.3 Å². The Bertz CT molecular complexity index is 1620. The van der Waals surface area contributed by atoms with Gasteiger partial charge < -0.3 is 26.6 Å². The lowest BCUT2D eigenvalue weighted by atomic mass is 9.92. The van der Waals surface area contributed by atoms with Crippen LogP contribution in [0.4, 0.5) is 11.4 Å². The summed E-state index contributed by atoms with van der Waals surface area (Å²) in [6, 6.07) is 11.4. The first kappa shape index (κ1) is 30.7. The second kappa shape index (κ2) is 13.7. The summed E-state index contributed by atoms with van der Waals surface area (Å²) in [6.07, 6.45) is 3.44. The van der Waals surface area contributed by atoms with Gasteiger partial charge in [0.1, 0.15) is 0 Å². The van der Waals surface area contributed by atoms with Gasteiger partial charge in [-0.2, -0.15) is 0 Å². The van der Waals surface area contributed by atoms with Gasteiger partial charge in [-0.1, -0.05) is 18.6 Å². The molecule has 2 aliphatic heterocycles. The molecule has 3 aromatic carbocycles. The van der Waals surface area contributed by atoms with Gasteiger partial charge in [-0.3, -0.25) is 29.3 Å². The van der Waals surface area contributed by atoms with Crippen LogP contribution in [-0.2, 0) is 0 Å². The van der Waals surface area contributed by atoms with Gasteiger partial charge in [0.25, 0.3) is 29.3 Å². The van der Waals surface area contributed by atoms with Crippen LogP contribution in [0.3, 0.4) is 0 Å². The zero-order valence-corrected chi connectivity index (χ0v) is 24.3. The molecule has 44 heavy (non-hydrogen) atoms. The molecule has 0 radical (unpaired) electrons. The molecule has 230 valence electrons. The molecule has 0 aliphatic carbocycles. The van der Waals surface area contributed by atoms with E-state index in [0.29, 0.717) is 43.5 Å². The third kappa shape index (κ3) is 6.59. The minimum Gasteiger partial charge on any atom is -0.351 e. The van der Waals surface area contributed by atoms with Crippen molar-refractivity contribution in [3.8, 4) is 0 Å². The number of hydrogen-bond acceptors (Lipinski definition) is 9. The number of nitro groups is 1. The number of carbonyl (C=O) groups excluding carboxylic acids is 4. The van der Waals surface area contributed by atoms with E-state index in [2.05, 4.69) is 20.9 Å². The molecule has 0 bridgehead atoms. The van der Waals surface area contributed by atoms with Crippen molar-refractivity contribution in [2.75, 3.05) is 57.3 Å². The van der Waals surface area contributed by atoms with Crippen molar-refractivity contribution in [3.63, 3.8) is 0 Å². The van der Waals surface area contributed by atoms with E-state index in [4.69, 9.17) is 5.73 Å². The minimum absolute atomic E-state index is 0.00393. The molecule has 0 spiro atoms. The van der Waals surface area contributed by atoms with E-state index in [1.807, 2.05) is 0 Å². The van der Waals surface area contributed by atoms with Crippen LogP contribution in [0, 0.1) is 10.1 Å².